The Labute approximate surface area is 95.5 Å². The molecule has 0 aliphatic rings. The number of aryl methyl sites for hydroxylation is 1. The summed E-state index contributed by atoms with van der Waals surface area (Å²) in [6, 6.07) is 5.79. The molecule has 14 heavy (non-hydrogen) atoms. The normalized spacial score (nSPS) is 10.8. The molecule has 72 valence electrons. The number of hydrogen-bond acceptors (Lipinski definition) is 2. The molecule has 0 fully saturated rings. The van der Waals surface area contributed by atoms with Crippen LogP contribution < -0.4 is 0 Å². The van der Waals surface area contributed by atoms with Gasteiger partial charge in [0.05, 0.1) is 5.52 Å². The lowest BCUT2D eigenvalue weighted by atomic mass is 10.2. The highest BCUT2D eigenvalue weighted by molar-refractivity contribution is 9.10. The Balaban J connectivity index is 2.83. The first-order chi connectivity index (χ1) is 6.72. The zero-order valence-corrected chi connectivity index (χ0v) is 9.93. The maximum atomic E-state index is 6.04. The maximum absolute atomic E-state index is 6.04. The Morgan fingerprint density at radius 3 is 2.86 bits per heavy atom. The standard InChI is InChI=1S/C10H8BrClN2/c1-2-8-13-9-6(10(12)14-8)4-3-5-7(9)11/h3-5H,2H2,1H3. The lowest BCUT2D eigenvalue weighted by Crippen LogP contribution is -1.94. The minimum absolute atomic E-state index is 0.521. The van der Waals surface area contributed by atoms with E-state index in [9.17, 15) is 0 Å². The fourth-order valence-electron chi connectivity index (χ4n) is 1.28. The Kier molecular flexibility index (Phi) is 2.70. The molecule has 0 N–H and O–H groups in total. The van der Waals surface area contributed by atoms with Crippen LogP contribution in [0.15, 0.2) is 22.7 Å². The van der Waals surface area contributed by atoms with Gasteiger partial charge in [-0.25, -0.2) is 9.97 Å². The van der Waals surface area contributed by atoms with E-state index in [1.54, 1.807) is 0 Å². The minimum atomic E-state index is 0.521. The van der Waals surface area contributed by atoms with Crippen molar-refractivity contribution in [3.05, 3.63) is 33.6 Å². The Bertz CT molecular complexity index is 485. The van der Waals surface area contributed by atoms with Crippen LogP contribution in [-0.2, 0) is 6.42 Å². The molecule has 1 heterocycles. The van der Waals surface area contributed by atoms with Crippen molar-refractivity contribution in [2.75, 3.05) is 0 Å². The summed E-state index contributed by atoms with van der Waals surface area (Å²) in [5, 5.41) is 1.41. The summed E-state index contributed by atoms with van der Waals surface area (Å²) in [5.41, 5.74) is 0.879. The molecule has 2 nitrogen and oxygen atoms in total. The van der Waals surface area contributed by atoms with Gasteiger partial charge in [-0.05, 0) is 28.1 Å². The van der Waals surface area contributed by atoms with Crippen LogP contribution >= 0.6 is 27.5 Å². The molecule has 2 aromatic rings. The summed E-state index contributed by atoms with van der Waals surface area (Å²) in [4.78, 5) is 8.61. The van der Waals surface area contributed by atoms with Gasteiger partial charge >= 0.3 is 0 Å². The van der Waals surface area contributed by atoms with Gasteiger partial charge in [0.1, 0.15) is 11.0 Å². The van der Waals surface area contributed by atoms with E-state index in [1.807, 2.05) is 25.1 Å². The van der Waals surface area contributed by atoms with Gasteiger partial charge in [0.25, 0.3) is 0 Å². The second-order valence-electron chi connectivity index (χ2n) is 2.92. The largest absolute Gasteiger partial charge is 0.232 e. The number of halogens is 2. The quantitative estimate of drug-likeness (QED) is 0.741. The van der Waals surface area contributed by atoms with E-state index < -0.39 is 0 Å². The number of para-hydroxylation sites is 1. The highest BCUT2D eigenvalue weighted by Crippen LogP contribution is 2.26. The lowest BCUT2D eigenvalue weighted by Gasteiger charge is -2.03. The zero-order valence-electron chi connectivity index (χ0n) is 7.59. The topological polar surface area (TPSA) is 25.8 Å². The van der Waals surface area contributed by atoms with Crippen molar-refractivity contribution in [3.8, 4) is 0 Å². The molecule has 1 aromatic heterocycles. The van der Waals surface area contributed by atoms with Crippen LogP contribution in [0.3, 0.4) is 0 Å². The van der Waals surface area contributed by atoms with Crippen molar-refractivity contribution in [1.29, 1.82) is 0 Å². The van der Waals surface area contributed by atoms with Crippen LogP contribution in [0.5, 0.6) is 0 Å². The number of aromatic nitrogens is 2. The molecule has 0 bridgehead atoms. The van der Waals surface area contributed by atoms with Crippen LogP contribution in [0.1, 0.15) is 12.7 Å². The van der Waals surface area contributed by atoms with Crippen LogP contribution in [0.4, 0.5) is 0 Å². The molecular formula is C10H8BrClN2. The summed E-state index contributed by atoms with van der Waals surface area (Å²) in [7, 11) is 0. The third kappa shape index (κ3) is 1.62. The molecule has 0 amide bonds. The van der Waals surface area contributed by atoms with E-state index in [1.165, 1.54) is 0 Å². The van der Waals surface area contributed by atoms with Crippen LogP contribution in [-0.4, -0.2) is 9.97 Å². The molecule has 0 aliphatic heterocycles. The number of hydrogen-bond donors (Lipinski definition) is 0. The van der Waals surface area contributed by atoms with Crippen molar-refractivity contribution in [2.24, 2.45) is 0 Å². The smallest absolute Gasteiger partial charge is 0.140 e. The monoisotopic (exact) mass is 270 g/mol. The lowest BCUT2D eigenvalue weighted by molar-refractivity contribution is 0.960. The van der Waals surface area contributed by atoms with Gasteiger partial charge in [-0.2, -0.15) is 0 Å². The second-order valence-corrected chi connectivity index (χ2v) is 4.13. The van der Waals surface area contributed by atoms with Gasteiger partial charge in [0.15, 0.2) is 0 Å². The van der Waals surface area contributed by atoms with Crippen molar-refractivity contribution < 1.29 is 0 Å². The van der Waals surface area contributed by atoms with Crippen molar-refractivity contribution in [1.82, 2.24) is 9.97 Å². The predicted molar refractivity (Wildman–Crippen MR) is 61.6 cm³/mol. The molecule has 1 aromatic carbocycles. The van der Waals surface area contributed by atoms with Crippen molar-refractivity contribution in [3.63, 3.8) is 0 Å². The first kappa shape index (κ1) is 9.87. The number of benzene rings is 1. The van der Waals surface area contributed by atoms with Gasteiger partial charge in [-0.3, -0.25) is 0 Å². The fourth-order valence-corrected chi connectivity index (χ4v) is 1.99. The third-order valence-electron chi connectivity index (χ3n) is 1.99. The summed E-state index contributed by atoms with van der Waals surface area (Å²) in [6.45, 7) is 2.01. The van der Waals surface area contributed by atoms with E-state index in [0.717, 1.165) is 27.6 Å². The Morgan fingerprint density at radius 1 is 1.36 bits per heavy atom. The maximum Gasteiger partial charge on any atom is 0.140 e. The van der Waals surface area contributed by atoms with Crippen LogP contribution in [0, 0.1) is 0 Å². The molecule has 0 saturated heterocycles. The Hall–Kier alpha value is -0.670. The molecule has 0 saturated carbocycles. The fraction of sp³-hybridized carbons (Fsp3) is 0.200. The second kappa shape index (κ2) is 3.83. The average molecular weight is 272 g/mol. The highest BCUT2D eigenvalue weighted by atomic mass is 79.9. The summed E-state index contributed by atoms with van der Waals surface area (Å²) >= 11 is 9.49. The molecular weight excluding hydrogens is 263 g/mol. The van der Waals surface area contributed by atoms with Crippen molar-refractivity contribution >= 4 is 38.4 Å². The number of rotatable bonds is 1. The molecule has 0 radical (unpaired) electrons. The van der Waals surface area contributed by atoms with Crippen molar-refractivity contribution in [2.45, 2.75) is 13.3 Å². The summed E-state index contributed by atoms with van der Waals surface area (Å²) in [5.74, 6) is 0.773. The molecule has 4 heteroatoms. The van der Waals surface area contributed by atoms with Crippen LogP contribution in [0.25, 0.3) is 10.9 Å². The molecule has 2 rings (SSSR count). The average Bonchev–Trinajstić information content (AvgIpc) is 2.19. The Morgan fingerprint density at radius 2 is 2.14 bits per heavy atom. The molecule has 0 atom stereocenters. The summed E-state index contributed by atoms with van der Waals surface area (Å²) < 4.78 is 0.953. The minimum Gasteiger partial charge on any atom is -0.232 e. The SMILES string of the molecule is CCc1nc(Cl)c2cccc(Br)c2n1. The highest BCUT2D eigenvalue weighted by Gasteiger charge is 2.06. The predicted octanol–water partition coefficient (Wildman–Crippen LogP) is 3.61. The first-order valence-electron chi connectivity index (χ1n) is 4.33. The van der Waals surface area contributed by atoms with E-state index in [-0.39, 0.29) is 0 Å². The molecule has 0 aliphatic carbocycles. The number of nitrogens with zero attached hydrogens (tertiary/aromatic N) is 2. The van der Waals surface area contributed by atoms with E-state index in [0.29, 0.717) is 5.15 Å². The van der Waals surface area contributed by atoms with Gasteiger partial charge < -0.3 is 0 Å². The first-order valence-corrected chi connectivity index (χ1v) is 5.50. The molecule has 0 unspecified atom stereocenters. The molecule has 0 spiro atoms. The van der Waals surface area contributed by atoms with Crippen LogP contribution in [0.2, 0.25) is 5.15 Å². The van der Waals surface area contributed by atoms with E-state index >= 15 is 0 Å². The zero-order chi connectivity index (χ0) is 10.1. The van der Waals surface area contributed by atoms with E-state index in [4.69, 9.17) is 11.6 Å². The third-order valence-corrected chi connectivity index (χ3v) is 2.92. The van der Waals surface area contributed by atoms with Gasteiger partial charge in [0, 0.05) is 16.3 Å². The number of fused-ring (bicyclic) bond motifs is 1. The van der Waals surface area contributed by atoms with Gasteiger partial charge in [-0.15, -0.1) is 0 Å². The van der Waals surface area contributed by atoms with E-state index in [2.05, 4.69) is 25.9 Å². The van der Waals surface area contributed by atoms with Gasteiger partial charge in [-0.1, -0.05) is 24.6 Å². The summed E-state index contributed by atoms with van der Waals surface area (Å²) in [6.07, 6.45) is 0.789. The van der Waals surface area contributed by atoms with Gasteiger partial charge in [0.2, 0.25) is 0 Å².